The molecule has 140 valence electrons. The number of esters is 1. The van der Waals surface area contributed by atoms with Gasteiger partial charge in [-0.05, 0) is 42.2 Å². The van der Waals surface area contributed by atoms with Gasteiger partial charge in [0, 0.05) is 6.07 Å². The van der Waals surface area contributed by atoms with Gasteiger partial charge in [0.25, 0.3) is 0 Å². The summed E-state index contributed by atoms with van der Waals surface area (Å²) < 4.78 is 15.9. The van der Waals surface area contributed by atoms with Gasteiger partial charge in [-0.2, -0.15) is 0 Å². The topological polar surface area (TPSA) is 61.8 Å². The molecule has 0 aromatic heterocycles. The lowest BCUT2D eigenvalue weighted by atomic mass is 10.0. The molecule has 0 amide bonds. The Morgan fingerprint density at radius 1 is 1.07 bits per heavy atom. The molecule has 2 aromatic carbocycles. The number of ether oxygens (including phenoxy) is 3. The molecular weight excluding hydrogens is 344 g/mol. The van der Waals surface area contributed by atoms with Gasteiger partial charge in [0.2, 0.25) is 5.78 Å². The number of carbonyl (C=O) groups excluding carboxylic acids is 2. The highest BCUT2D eigenvalue weighted by Gasteiger charge is 2.28. The first kappa shape index (κ1) is 18.7. The average Bonchev–Trinajstić information content (AvgIpc) is 2.96. The van der Waals surface area contributed by atoms with Crippen LogP contribution in [0.15, 0.2) is 48.2 Å². The first-order chi connectivity index (χ1) is 12.9. The van der Waals surface area contributed by atoms with E-state index in [4.69, 9.17) is 9.47 Å². The number of methoxy groups -OCH3 is 1. The molecule has 0 N–H and O–H groups in total. The number of benzene rings is 2. The van der Waals surface area contributed by atoms with Gasteiger partial charge in [-0.25, -0.2) is 4.79 Å². The van der Waals surface area contributed by atoms with Crippen molar-refractivity contribution in [3.05, 3.63) is 64.9 Å². The Labute approximate surface area is 158 Å². The predicted molar refractivity (Wildman–Crippen MR) is 102 cm³/mol. The summed E-state index contributed by atoms with van der Waals surface area (Å²) >= 11 is 0. The molecular formula is C22H22O5. The summed E-state index contributed by atoms with van der Waals surface area (Å²) in [6.07, 6.45) is 0.976. The zero-order valence-electron chi connectivity index (χ0n) is 15.8. The second-order valence-electron chi connectivity index (χ2n) is 6.70. The lowest BCUT2D eigenvalue weighted by Crippen LogP contribution is -2.24. The molecule has 5 heteroatoms. The Balaban J connectivity index is 1.79. The fourth-order valence-electron chi connectivity index (χ4n) is 2.79. The summed E-state index contributed by atoms with van der Waals surface area (Å²) in [5, 5.41) is 0. The molecule has 0 unspecified atom stereocenters. The van der Waals surface area contributed by atoms with E-state index < -0.39 is 12.1 Å². The van der Waals surface area contributed by atoms with Crippen LogP contribution in [0.4, 0.5) is 0 Å². The third-order valence-corrected chi connectivity index (χ3v) is 4.39. The highest BCUT2D eigenvalue weighted by molar-refractivity contribution is 6.14. The molecule has 2 aromatic rings. The van der Waals surface area contributed by atoms with Crippen molar-refractivity contribution in [2.75, 3.05) is 7.11 Å². The van der Waals surface area contributed by atoms with Crippen LogP contribution >= 0.6 is 0 Å². The minimum absolute atomic E-state index is 0.175. The lowest BCUT2D eigenvalue weighted by Gasteiger charge is -2.12. The highest BCUT2D eigenvalue weighted by atomic mass is 16.6. The van der Waals surface area contributed by atoms with Crippen LogP contribution in [0, 0.1) is 0 Å². The van der Waals surface area contributed by atoms with Crippen molar-refractivity contribution in [2.45, 2.75) is 32.8 Å². The fourth-order valence-corrected chi connectivity index (χ4v) is 2.79. The molecule has 0 saturated heterocycles. The van der Waals surface area contributed by atoms with Crippen LogP contribution in [0.1, 0.15) is 48.2 Å². The van der Waals surface area contributed by atoms with Crippen molar-refractivity contribution in [1.29, 1.82) is 0 Å². The van der Waals surface area contributed by atoms with Gasteiger partial charge in [0.15, 0.2) is 11.9 Å². The van der Waals surface area contributed by atoms with E-state index in [0.717, 1.165) is 5.56 Å². The summed E-state index contributed by atoms with van der Waals surface area (Å²) in [6.45, 7) is 5.86. The number of allylic oxidation sites excluding steroid dienone is 1. The van der Waals surface area contributed by atoms with E-state index in [1.807, 2.05) is 24.3 Å². The molecule has 0 aliphatic carbocycles. The van der Waals surface area contributed by atoms with E-state index >= 15 is 0 Å². The molecule has 3 rings (SSSR count). The zero-order valence-corrected chi connectivity index (χ0v) is 15.8. The lowest BCUT2D eigenvalue weighted by molar-refractivity contribution is -0.147. The fraction of sp³-hybridized carbons (Fsp3) is 0.273. The number of rotatable bonds is 5. The Kier molecular flexibility index (Phi) is 5.31. The van der Waals surface area contributed by atoms with Crippen molar-refractivity contribution >= 4 is 17.8 Å². The largest absolute Gasteiger partial charge is 0.479 e. The third-order valence-electron chi connectivity index (χ3n) is 4.39. The number of fused-ring (bicyclic) bond motifs is 1. The second kappa shape index (κ2) is 7.66. The number of Topliss-reactive ketones (excluding diaryl/α,β-unsaturated/α-hetero) is 1. The van der Waals surface area contributed by atoms with E-state index in [-0.39, 0.29) is 11.5 Å². The normalized spacial score (nSPS) is 15.4. The molecule has 1 aliphatic rings. The maximum atomic E-state index is 12.6. The van der Waals surface area contributed by atoms with Crippen LogP contribution in [0.5, 0.6) is 11.5 Å². The number of ketones is 1. The predicted octanol–water partition coefficient (Wildman–Crippen LogP) is 4.37. The molecule has 0 spiro atoms. The summed E-state index contributed by atoms with van der Waals surface area (Å²) in [6, 6.07) is 12.9. The molecule has 0 bridgehead atoms. The maximum absolute atomic E-state index is 12.6. The number of carbonyl (C=O) groups is 2. The molecule has 0 fully saturated rings. The van der Waals surface area contributed by atoms with E-state index in [0.29, 0.717) is 23.0 Å². The van der Waals surface area contributed by atoms with Gasteiger partial charge in [-0.15, -0.1) is 0 Å². The van der Waals surface area contributed by atoms with Crippen LogP contribution in [0.3, 0.4) is 0 Å². The van der Waals surface area contributed by atoms with Crippen molar-refractivity contribution in [1.82, 2.24) is 0 Å². The van der Waals surface area contributed by atoms with E-state index in [1.165, 1.54) is 12.7 Å². The van der Waals surface area contributed by atoms with Crippen LogP contribution < -0.4 is 9.47 Å². The average molecular weight is 366 g/mol. The SMILES string of the molecule is COC(=O)[C@H](C)Oc1ccc2c(c1)O/C(=C\c1ccc(C(C)C)cc1)C2=O. The van der Waals surface area contributed by atoms with Gasteiger partial charge in [0.05, 0.1) is 12.7 Å². The van der Waals surface area contributed by atoms with Crippen LogP contribution in [0.2, 0.25) is 0 Å². The van der Waals surface area contributed by atoms with Crippen LogP contribution in [-0.4, -0.2) is 25.0 Å². The van der Waals surface area contributed by atoms with Crippen molar-refractivity contribution in [3.63, 3.8) is 0 Å². The van der Waals surface area contributed by atoms with Gasteiger partial charge in [-0.3, -0.25) is 4.79 Å². The molecule has 0 saturated carbocycles. The Morgan fingerprint density at radius 2 is 1.78 bits per heavy atom. The monoisotopic (exact) mass is 366 g/mol. The minimum atomic E-state index is -0.750. The standard InChI is InChI=1S/C22H22O5/c1-13(2)16-7-5-15(6-8-16)11-20-21(23)18-10-9-17(12-19(18)27-20)26-14(3)22(24)25-4/h5-14H,1-4H3/b20-11-/t14-/m0/s1. The quantitative estimate of drug-likeness (QED) is 0.581. The Bertz CT molecular complexity index is 893. The summed E-state index contributed by atoms with van der Waals surface area (Å²) in [4.78, 5) is 24.0. The summed E-state index contributed by atoms with van der Waals surface area (Å²) in [5.41, 5.74) is 2.60. The van der Waals surface area contributed by atoms with Gasteiger partial charge >= 0.3 is 5.97 Å². The molecule has 1 aliphatic heterocycles. The first-order valence-corrected chi connectivity index (χ1v) is 8.81. The Hall–Kier alpha value is -3.08. The molecule has 5 nitrogen and oxygen atoms in total. The Morgan fingerprint density at radius 3 is 2.41 bits per heavy atom. The molecule has 27 heavy (non-hydrogen) atoms. The van der Waals surface area contributed by atoms with Gasteiger partial charge in [-0.1, -0.05) is 38.1 Å². The maximum Gasteiger partial charge on any atom is 0.346 e. The highest BCUT2D eigenvalue weighted by Crippen LogP contribution is 2.35. The van der Waals surface area contributed by atoms with E-state index in [2.05, 4.69) is 18.6 Å². The summed E-state index contributed by atoms with van der Waals surface area (Å²) in [7, 11) is 1.30. The minimum Gasteiger partial charge on any atom is -0.479 e. The van der Waals surface area contributed by atoms with Crippen molar-refractivity contribution in [2.24, 2.45) is 0 Å². The van der Waals surface area contributed by atoms with Crippen LogP contribution in [-0.2, 0) is 9.53 Å². The first-order valence-electron chi connectivity index (χ1n) is 8.81. The second-order valence-corrected chi connectivity index (χ2v) is 6.70. The zero-order chi connectivity index (χ0) is 19.6. The number of hydrogen-bond acceptors (Lipinski definition) is 5. The summed E-state index contributed by atoms with van der Waals surface area (Å²) in [5.74, 6) is 0.914. The van der Waals surface area contributed by atoms with Gasteiger partial charge in [0.1, 0.15) is 11.5 Å². The van der Waals surface area contributed by atoms with Gasteiger partial charge < -0.3 is 14.2 Å². The van der Waals surface area contributed by atoms with Crippen molar-refractivity contribution < 1.29 is 23.8 Å². The van der Waals surface area contributed by atoms with E-state index in [1.54, 1.807) is 31.2 Å². The van der Waals surface area contributed by atoms with E-state index in [9.17, 15) is 9.59 Å². The molecule has 0 radical (unpaired) electrons. The molecule has 1 atom stereocenters. The number of hydrogen-bond donors (Lipinski definition) is 0. The third kappa shape index (κ3) is 4.03. The van der Waals surface area contributed by atoms with Crippen molar-refractivity contribution in [3.8, 4) is 11.5 Å². The van der Waals surface area contributed by atoms with Crippen LogP contribution in [0.25, 0.3) is 6.08 Å². The molecule has 1 heterocycles. The smallest absolute Gasteiger partial charge is 0.346 e.